The Morgan fingerprint density at radius 1 is 1.05 bits per heavy atom. The van der Waals surface area contributed by atoms with Crippen molar-refractivity contribution in [1.29, 1.82) is 0 Å². The first kappa shape index (κ1) is 27.1. The highest BCUT2D eigenvalue weighted by atomic mass is 16.6. The van der Waals surface area contributed by atoms with Crippen molar-refractivity contribution in [1.82, 2.24) is 15.0 Å². The third-order valence-electron chi connectivity index (χ3n) is 6.58. The second kappa shape index (κ2) is 11.3. The molecule has 1 amide bonds. The van der Waals surface area contributed by atoms with Crippen molar-refractivity contribution >= 4 is 28.5 Å². The maximum atomic E-state index is 12.4. The first-order valence-electron chi connectivity index (χ1n) is 13.3. The maximum Gasteiger partial charge on any atom is 0.435 e. The fraction of sp³-hybridized carbons (Fsp3) is 0.323. The third-order valence-corrected chi connectivity index (χ3v) is 6.58. The number of aliphatic imine (C=N–C) groups is 1. The van der Waals surface area contributed by atoms with Crippen LogP contribution < -0.4 is 4.74 Å². The number of hydrogen-bond donors (Lipinski definition) is 0. The molecule has 1 atom stereocenters. The van der Waals surface area contributed by atoms with E-state index in [9.17, 15) is 9.59 Å². The van der Waals surface area contributed by atoms with Gasteiger partial charge in [-0.1, -0.05) is 53.7 Å². The molecule has 0 saturated carbocycles. The molecular weight excluding hydrogens is 508 g/mol. The van der Waals surface area contributed by atoms with Crippen LogP contribution in [0.1, 0.15) is 62.8 Å². The van der Waals surface area contributed by atoms with Crippen molar-refractivity contribution in [3.63, 3.8) is 0 Å². The summed E-state index contributed by atoms with van der Waals surface area (Å²) >= 11 is 0. The summed E-state index contributed by atoms with van der Waals surface area (Å²) < 4.78 is 16.7. The average molecular weight is 541 g/mol. The Labute approximate surface area is 232 Å². The minimum atomic E-state index is -0.616. The van der Waals surface area contributed by atoms with Crippen molar-refractivity contribution in [2.24, 2.45) is 4.99 Å². The number of hydrogen-bond acceptors (Lipinski definition) is 7. The summed E-state index contributed by atoms with van der Waals surface area (Å²) in [6, 6.07) is 20.5. The Balaban J connectivity index is 1.27. The molecule has 0 unspecified atom stereocenters. The predicted octanol–water partition coefficient (Wildman–Crippen LogP) is 6.64. The van der Waals surface area contributed by atoms with E-state index in [-0.39, 0.29) is 18.4 Å². The number of rotatable bonds is 6. The number of nitrogens with zero attached hydrogens (tertiary/aromatic N) is 4. The molecule has 0 aliphatic carbocycles. The zero-order valence-corrected chi connectivity index (χ0v) is 23.1. The van der Waals surface area contributed by atoms with Gasteiger partial charge in [0.1, 0.15) is 23.2 Å². The van der Waals surface area contributed by atoms with E-state index < -0.39 is 11.7 Å². The number of Topliss-reactive ketones (excluding diaryl/α,β-unsaturated/α-hetero) is 1. The second-order valence-corrected chi connectivity index (χ2v) is 10.7. The number of carbonyl (C=O) groups is 2. The van der Waals surface area contributed by atoms with Crippen LogP contribution in [-0.4, -0.2) is 51.5 Å². The number of benzene rings is 3. The highest BCUT2D eigenvalue weighted by Gasteiger charge is 2.32. The summed E-state index contributed by atoms with van der Waals surface area (Å²) in [5.41, 5.74) is 0.834. The number of amides is 1. The van der Waals surface area contributed by atoms with E-state index in [1.165, 1.54) is 0 Å². The molecule has 1 aromatic heterocycles. The van der Waals surface area contributed by atoms with Gasteiger partial charge in [0.2, 0.25) is 11.7 Å². The van der Waals surface area contributed by atoms with E-state index in [1.54, 1.807) is 19.1 Å². The molecule has 5 rings (SSSR count). The maximum absolute atomic E-state index is 12.4. The van der Waals surface area contributed by atoms with Crippen LogP contribution in [0.5, 0.6) is 5.75 Å². The SMILES string of the molecule is CC(=NC(=O)OC(C)(C)C)N1CCC[C@H]1c1nc(-c2ccc3cc(OCC(=O)c4ccccc4)ccc3c2)no1. The van der Waals surface area contributed by atoms with Crippen LogP contribution in [0.4, 0.5) is 4.79 Å². The predicted molar refractivity (Wildman–Crippen MR) is 152 cm³/mol. The van der Waals surface area contributed by atoms with E-state index in [4.69, 9.17) is 14.0 Å². The van der Waals surface area contributed by atoms with Crippen molar-refractivity contribution in [3.05, 3.63) is 78.2 Å². The minimum Gasteiger partial charge on any atom is -0.485 e. The summed E-state index contributed by atoms with van der Waals surface area (Å²) in [6.07, 6.45) is 1.12. The molecule has 0 bridgehead atoms. The molecule has 4 aromatic rings. The van der Waals surface area contributed by atoms with Crippen LogP contribution in [-0.2, 0) is 4.74 Å². The number of carbonyl (C=O) groups excluding carboxylic acids is 2. The van der Waals surface area contributed by atoms with Gasteiger partial charge in [-0.2, -0.15) is 9.98 Å². The molecule has 2 heterocycles. The summed E-state index contributed by atoms with van der Waals surface area (Å²) in [5.74, 6) is 2.08. The summed E-state index contributed by atoms with van der Waals surface area (Å²) in [6.45, 7) is 7.92. The standard InChI is InChI=1S/C31H32N4O5/c1-20(32-30(37)39-31(2,3)4)35-16-8-11-26(35)29-33-28(34-40-29)24-13-12-23-18-25(15-14-22(23)17-24)38-19-27(36)21-9-6-5-7-10-21/h5-7,9-10,12-15,17-18,26H,8,11,16,19H2,1-4H3/t26-/m0/s1. The molecule has 0 radical (unpaired) electrons. The molecule has 206 valence electrons. The molecule has 3 aromatic carbocycles. The summed E-state index contributed by atoms with van der Waals surface area (Å²) in [7, 11) is 0. The van der Waals surface area contributed by atoms with Gasteiger partial charge in [-0.25, -0.2) is 4.79 Å². The van der Waals surface area contributed by atoms with Crippen LogP contribution in [0.15, 0.2) is 76.2 Å². The second-order valence-electron chi connectivity index (χ2n) is 10.7. The van der Waals surface area contributed by atoms with Gasteiger partial charge in [-0.3, -0.25) is 4.79 Å². The van der Waals surface area contributed by atoms with E-state index in [0.29, 0.717) is 28.9 Å². The van der Waals surface area contributed by atoms with Gasteiger partial charge in [0.25, 0.3) is 0 Å². The van der Waals surface area contributed by atoms with Crippen LogP contribution in [0.25, 0.3) is 22.2 Å². The minimum absolute atomic E-state index is 0.0284. The number of ether oxygens (including phenoxy) is 2. The fourth-order valence-corrected chi connectivity index (χ4v) is 4.69. The van der Waals surface area contributed by atoms with Gasteiger partial charge < -0.3 is 18.9 Å². The van der Waals surface area contributed by atoms with Crippen molar-refractivity contribution in [2.45, 2.75) is 52.2 Å². The molecule has 1 saturated heterocycles. The Morgan fingerprint density at radius 3 is 2.58 bits per heavy atom. The molecule has 0 N–H and O–H groups in total. The number of fused-ring (bicyclic) bond motifs is 1. The summed E-state index contributed by atoms with van der Waals surface area (Å²) in [4.78, 5) is 35.4. The average Bonchev–Trinajstić information content (AvgIpc) is 3.61. The van der Waals surface area contributed by atoms with Crippen molar-refractivity contribution in [2.75, 3.05) is 13.2 Å². The van der Waals surface area contributed by atoms with E-state index in [2.05, 4.69) is 15.1 Å². The molecule has 0 spiro atoms. The Bertz CT molecular complexity index is 1560. The normalized spacial score (nSPS) is 15.8. The molecule has 1 aliphatic rings. The van der Waals surface area contributed by atoms with Gasteiger partial charge in [0.15, 0.2) is 12.4 Å². The number of ketones is 1. The van der Waals surface area contributed by atoms with E-state index in [1.807, 2.05) is 80.3 Å². The van der Waals surface area contributed by atoms with Gasteiger partial charge in [-0.15, -0.1) is 0 Å². The zero-order valence-electron chi connectivity index (χ0n) is 23.1. The lowest BCUT2D eigenvalue weighted by Gasteiger charge is -2.24. The first-order chi connectivity index (χ1) is 19.2. The van der Waals surface area contributed by atoms with Crippen LogP contribution in [0, 0.1) is 0 Å². The first-order valence-corrected chi connectivity index (χ1v) is 13.3. The lowest BCUT2D eigenvalue weighted by molar-refractivity contribution is 0.0601. The number of amidine groups is 1. The molecule has 9 nitrogen and oxygen atoms in total. The van der Waals surface area contributed by atoms with E-state index >= 15 is 0 Å². The van der Waals surface area contributed by atoms with Crippen LogP contribution >= 0.6 is 0 Å². The lowest BCUT2D eigenvalue weighted by Crippen LogP contribution is -2.30. The Hall–Kier alpha value is -4.53. The quantitative estimate of drug-likeness (QED) is 0.152. The smallest absolute Gasteiger partial charge is 0.435 e. The van der Waals surface area contributed by atoms with Gasteiger partial charge in [0, 0.05) is 17.7 Å². The van der Waals surface area contributed by atoms with Crippen molar-refractivity contribution in [3.8, 4) is 17.1 Å². The summed E-state index contributed by atoms with van der Waals surface area (Å²) in [5, 5.41) is 6.18. The van der Waals surface area contributed by atoms with Gasteiger partial charge >= 0.3 is 6.09 Å². The zero-order chi connectivity index (χ0) is 28.3. The molecule has 1 aliphatic heterocycles. The Kier molecular flexibility index (Phi) is 7.64. The molecule has 40 heavy (non-hydrogen) atoms. The van der Waals surface area contributed by atoms with Crippen molar-refractivity contribution < 1.29 is 23.6 Å². The third kappa shape index (κ3) is 6.36. The van der Waals surface area contributed by atoms with Gasteiger partial charge in [0.05, 0.1) is 0 Å². The molecule has 9 heteroatoms. The Morgan fingerprint density at radius 2 is 1.80 bits per heavy atom. The highest BCUT2D eigenvalue weighted by molar-refractivity contribution is 5.97. The largest absolute Gasteiger partial charge is 0.485 e. The fourth-order valence-electron chi connectivity index (χ4n) is 4.69. The number of likely N-dealkylation sites (tertiary alicyclic amines) is 1. The lowest BCUT2D eigenvalue weighted by atomic mass is 10.1. The van der Waals surface area contributed by atoms with Crippen LogP contribution in [0.3, 0.4) is 0 Å². The number of aromatic nitrogens is 2. The monoisotopic (exact) mass is 540 g/mol. The van der Waals surface area contributed by atoms with E-state index in [0.717, 1.165) is 35.7 Å². The van der Waals surface area contributed by atoms with Crippen LogP contribution in [0.2, 0.25) is 0 Å². The molecular formula is C31H32N4O5. The van der Waals surface area contributed by atoms with Gasteiger partial charge in [-0.05, 0) is 69.5 Å². The highest BCUT2D eigenvalue weighted by Crippen LogP contribution is 2.33. The molecule has 1 fully saturated rings. The topological polar surface area (TPSA) is 107 Å².